The third-order valence-corrected chi connectivity index (χ3v) is 7.99. The number of pyridine rings is 2. The molecule has 3 aromatic rings. The molecule has 0 bridgehead atoms. The van der Waals surface area contributed by atoms with Gasteiger partial charge in [-0.3, -0.25) is 14.5 Å². The maximum Gasteiger partial charge on any atom is 0.259 e. The largest absolute Gasteiger partial charge is 0.323 e. The number of benzene rings is 1. The van der Waals surface area contributed by atoms with Crippen LogP contribution in [-0.2, 0) is 14.6 Å². The van der Waals surface area contributed by atoms with Crippen molar-refractivity contribution < 1.29 is 18.0 Å². The Labute approximate surface area is 190 Å². The van der Waals surface area contributed by atoms with E-state index in [1.807, 2.05) is 12.1 Å². The molecule has 0 unspecified atom stereocenters. The van der Waals surface area contributed by atoms with Gasteiger partial charge in [-0.05, 0) is 50.2 Å². The maximum absolute atomic E-state index is 13.2. The first kappa shape index (κ1) is 22.0. The van der Waals surface area contributed by atoms with Crippen molar-refractivity contribution in [1.29, 1.82) is 0 Å². The van der Waals surface area contributed by atoms with E-state index in [1.54, 1.807) is 44.3 Å². The van der Waals surface area contributed by atoms with Crippen LogP contribution in [0.5, 0.6) is 0 Å². The van der Waals surface area contributed by atoms with E-state index < -0.39 is 21.0 Å². The molecule has 0 fully saturated rings. The van der Waals surface area contributed by atoms with E-state index >= 15 is 0 Å². The van der Waals surface area contributed by atoms with Gasteiger partial charge in [-0.25, -0.2) is 18.4 Å². The molecule has 2 aromatic heterocycles. The molecular weight excluding hydrogens is 448 g/mol. The van der Waals surface area contributed by atoms with Crippen molar-refractivity contribution in [2.45, 2.75) is 34.0 Å². The Morgan fingerprint density at radius 3 is 2.59 bits per heavy atom. The van der Waals surface area contributed by atoms with E-state index in [0.717, 1.165) is 4.90 Å². The number of rotatable bonds is 5. The highest BCUT2D eigenvalue weighted by molar-refractivity contribution is 7.99. The molecule has 164 valence electrons. The minimum atomic E-state index is -3.50. The number of carbonyl (C=O) groups excluding carboxylic acids is 2. The Balaban J connectivity index is 1.57. The molecule has 0 atom stereocenters. The summed E-state index contributed by atoms with van der Waals surface area (Å²) in [6.45, 7) is 2.92. The number of carbonyl (C=O) groups is 2. The molecule has 10 heteroatoms. The third kappa shape index (κ3) is 4.23. The van der Waals surface area contributed by atoms with Crippen LogP contribution in [0.15, 0.2) is 75.9 Å². The average Bonchev–Trinajstić information content (AvgIpc) is 2.89. The molecule has 0 saturated heterocycles. The molecular formula is C22H20N4O4S2. The zero-order chi connectivity index (χ0) is 22.9. The number of sulfone groups is 1. The molecule has 1 aliphatic heterocycles. The van der Waals surface area contributed by atoms with E-state index in [1.165, 1.54) is 35.0 Å². The lowest BCUT2D eigenvalue weighted by molar-refractivity contribution is -0.114. The fraction of sp³-hybridized carbons (Fsp3) is 0.182. The van der Waals surface area contributed by atoms with Crippen LogP contribution in [0.1, 0.15) is 24.2 Å². The lowest BCUT2D eigenvalue weighted by atomic mass is 10.2. The van der Waals surface area contributed by atoms with Crippen LogP contribution in [0, 0.1) is 0 Å². The second-order valence-corrected chi connectivity index (χ2v) is 10.8. The lowest BCUT2D eigenvalue weighted by Crippen LogP contribution is -2.38. The van der Waals surface area contributed by atoms with Gasteiger partial charge in [0.2, 0.25) is 5.91 Å². The standard InChI is InChI=1S/C22H20N4O4S2/c1-14(2)32(29,30)20-10-9-15(12-24-20)25-19(27)13-26-17-7-5-11-23-21(17)31-18-8-4-3-6-16(18)22(26)28/h3-12,14H,13H2,1-2H3,(H,25,27). The Kier molecular flexibility index (Phi) is 5.98. The van der Waals surface area contributed by atoms with Crippen molar-refractivity contribution in [3.63, 3.8) is 0 Å². The van der Waals surface area contributed by atoms with Gasteiger partial charge in [0.1, 0.15) is 11.6 Å². The monoisotopic (exact) mass is 468 g/mol. The van der Waals surface area contributed by atoms with E-state index in [9.17, 15) is 18.0 Å². The van der Waals surface area contributed by atoms with Gasteiger partial charge < -0.3 is 5.32 Å². The molecule has 0 saturated carbocycles. The van der Waals surface area contributed by atoms with Crippen molar-refractivity contribution in [3.05, 3.63) is 66.5 Å². The van der Waals surface area contributed by atoms with Gasteiger partial charge >= 0.3 is 0 Å². The van der Waals surface area contributed by atoms with E-state index in [2.05, 4.69) is 15.3 Å². The smallest absolute Gasteiger partial charge is 0.259 e. The minimum absolute atomic E-state index is 0.0539. The Hall–Kier alpha value is -3.24. The quantitative estimate of drug-likeness (QED) is 0.611. The molecule has 3 heterocycles. The lowest BCUT2D eigenvalue weighted by Gasteiger charge is -2.22. The molecule has 1 N–H and O–H groups in total. The first-order valence-electron chi connectivity index (χ1n) is 9.81. The van der Waals surface area contributed by atoms with Crippen molar-refractivity contribution in [2.24, 2.45) is 0 Å². The number of aromatic nitrogens is 2. The summed E-state index contributed by atoms with van der Waals surface area (Å²) in [5, 5.41) is 2.65. The van der Waals surface area contributed by atoms with Crippen LogP contribution in [0.3, 0.4) is 0 Å². The van der Waals surface area contributed by atoms with Crippen molar-refractivity contribution in [2.75, 3.05) is 16.8 Å². The topological polar surface area (TPSA) is 109 Å². The molecule has 1 aliphatic rings. The van der Waals surface area contributed by atoms with Gasteiger partial charge in [0.25, 0.3) is 5.91 Å². The number of nitrogens with one attached hydrogen (secondary N) is 1. The molecule has 2 amide bonds. The van der Waals surface area contributed by atoms with E-state index in [0.29, 0.717) is 22.0 Å². The first-order chi connectivity index (χ1) is 15.3. The van der Waals surface area contributed by atoms with Crippen LogP contribution in [-0.4, -0.2) is 42.0 Å². The SMILES string of the molecule is CC(C)S(=O)(=O)c1ccc(NC(=O)CN2C(=O)c3ccccc3Sc3ncccc32)cn1. The summed E-state index contributed by atoms with van der Waals surface area (Å²) in [5.41, 5.74) is 1.37. The summed E-state index contributed by atoms with van der Waals surface area (Å²) in [7, 11) is -3.50. The van der Waals surface area contributed by atoms with Crippen molar-refractivity contribution >= 4 is 44.8 Å². The first-order valence-corrected chi connectivity index (χ1v) is 12.2. The van der Waals surface area contributed by atoms with Crippen LogP contribution >= 0.6 is 11.8 Å². The van der Waals surface area contributed by atoms with Gasteiger partial charge in [0.15, 0.2) is 14.9 Å². The molecule has 32 heavy (non-hydrogen) atoms. The third-order valence-electron chi connectivity index (χ3n) is 4.85. The molecule has 0 spiro atoms. The normalized spacial score (nSPS) is 13.3. The summed E-state index contributed by atoms with van der Waals surface area (Å²) in [4.78, 5) is 36.5. The highest BCUT2D eigenvalue weighted by Gasteiger charge is 2.29. The van der Waals surface area contributed by atoms with Crippen LogP contribution in [0.25, 0.3) is 0 Å². The number of amides is 2. The second kappa shape index (κ2) is 8.71. The minimum Gasteiger partial charge on any atom is -0.323 e. The van der Waals surface area contributed by atoms with Gasteiger partial charge in [0, 0.05) is 11.1 Å². The summed E-state index contributed by atoms with van der Waals surface area (Å²) in [5.74, 6) is -0.745. The number of hydrogen-bond donors (Lipinski definition) is 1. The number of hydrogen-bond acceptors (Lipinski definition) is 7. The summed E-state index contributed by atoms with van der Waals surface area (Å²) < 4.78 is 24.4. The van der Waals surface area contributed by atoms with Gasteiger partial charge in [-0.2, -0.15) is 0 Å². The zero-order valence-electron chi connectivity index (χ0n) is 17.3. The molecule has 4 rings (SSSR count). The van der Waals surface area contributed by atoms with E-state index in [-0.39, 0.29) is 17.5 Å². The zero-order valence-corrected chi connectivity index (χ0v) is 19.0. The van der Waals surface area contributed by atoms with Gasteiger partial charge in [-0.1, -0.05) is 23.9 Å². The molecule has 0 aliphatic carbocycles. The number of nitrogens with zero attached hydrogens (tertiary/aromatic N) is 3. The summed E-state index contributed by atoms with van der Waals surface area (Å²) in [6, 6.07) is 13.5. The van der Waals surface area contributed by atoms with Crippen LogP contribution in [0.4, 0.5) is 11.4 Å². The molecule has 8 nitrogen and oxygen atoms in total. The number of fused-ring (bicyclic) bond motifs is 2. The van der Waals surface area contributed by atoms with Crippen LogP contribution < -0.4 is 10.2 Å². The van der Waals surface area contributed by atoms with Gasteiger partial charge in [-0.15, -0.1) is 0 Å². The fourth-order valence-electron chi connectivity index (χ4n) is 3.12. The molecule has 0 radical (unpaired) electrons. The van der Waals surface area contributed by atoms with Crippen LogP contribution in [0.2, 0.25) is 0 Å². The van der Waals surface area contributed by atoms with Crippen molar-refractivity contribution in [1.82, 2.24) is 9.97 Å². The highest BCUT2D eigenvalue weighted by atomic mass is 32.2. The van der Waals surface area contributed by atoms with Gasteiger partial charge in [0.05, 0.1) is 28.4 Å². The predicted molar refractivity (Wildman–Crippen MR) is 122 cm³/mol. The fourth-order valence-corrected chi connectivity index (χ4v) is 5.08. The van der Waals surface area contributed by atoms with E-state index in [4.69, 9.17) is 0 Å². The Morgan fingerprint density at radius 1 is 1.09 bits per heavy atom. The Morgan fingerprint density at radius 2 is 1.88 bits per heavy atom. The molecule has 1 aromatic carbocycles. The van der Waals surface area contributed by atoms with Crippen molar-refractivity contribution in [3.8, 4) is 0 Å². The Bertz CT molecular complexity index is 1290. The second-order valence-electron chi connectivity index (χ2n) is 7.34. The summed E-state index contributed by atoms with van der Waals surface area (Å²) >= 11 is 1.38. The average molecular weight is 469 g/mol. The highest BCUT2D eigenvalue weighted by Crippen LogP contribution is 2.39. The maximum atomic E-state index is 13.2. The number of anilines is 2. The summed E-state index contributed by atoms with van der Waals surface area (Å²) in [6.07, 6.45) is 2.93. The predicted octanol–water partition coefficient (Wildman–Crippen LogP) is 3.41.